The normalized spacial score (nSPS) is 11.4. The molecule has 0 unspecified atom stereocenters. The zero-order valence-electron chi connectivity index (χ0n) is 10.6. The number of rotatable bonds is 4. The number of aryl methyl sites for hydroxylation is 1. The summed E-state index contributed by atoms with van der Waals surface area (Å²) < 4.78 is 26.8. The molecule has 0 radical (unpaired) electrons. The van der Waals surface area contributed by atoms with Crippen molar-refractivity contribution in [2.45, 2.75) is 18.4 Å². The minimum atomic E-state index is -3.50. The maximum absolute atomic E-state index is 12.1. The van der Waals surface area contributed by atoms with E-state index in [-0.39, 0.29) is 11.4 Å². The summed E-state index contributed by atoms with van der Waals surface area (Å²) >= 11 is 0. The molecule has 0 heterocycles. The van der Waals surface area contributed by atoms with Crippen LogP contribution in [-0.4, -0.2) is 8.42 Å². The fourth-order valence-electron chi connectivity index (χ4n) is 1.67. The van der Waals surface area contributed by atoms with Crippen LogP contribution in [0.1, 0.15) is 11.1 Å². The van der Waals surface area contributed by atoms with Crippen molar-refractivity contribution in [1.29, 1.82) is 0 Å². The van der Waals surface area contributed by atoms with Gasteiger partial charge in [-0.15, -0.1) is 0 Å². The number of nitrogens with two attached hydrogens (primary N) is 1. The van der Waals surface area contributed by atoms with Gasteiger partial charge in [-0.3, -0.25) is 0 Å². The number of sulfonamides is 1. The highest BCUT2D eigenvalue weighted by molar-refractivity contribution is 7.89. The van der Waals surface area contributed by atoms with Crippen LogP contribution in [0.3, 0.4) is 0 Å². The van der Waals surface area contributed by atoms with Crippen LogP contribution in [0.15, 0.2) is 53.4 Å². The molecule has 0 aliphatic rings. The van der Waals surface area contributed by atoms with E-state index in [9.17, 15) is 8.42 Å². The number of nitrogens with one attached hydrogen (secondary N) is 1. The molecule has 5 heteroatoms. The quantitative estimate of drug-likeness (QED) is 0.840. The molecule has 0 saturated heterocycles. The Morgan fingerprint density at radius 3 is 2.42 bits per heavy atom. The molecule has 2 rings (SSSR count). The van der Waals surface area contributed by atoms with Crippen molar-refractivity contribution in [2.75, 3.05) is 5.73 Å². The van der Waals surface area contributed by atoms with E-state index in [1.807, 2.05) is 30.3 Å². The summed E-state index contributed by atoms with van der Waals surface area (Å²) in [7, 11) is -3.50. The van der Waals surface area contributed by atoms with Crippen LogP contribution in [0.2, 0.25) is 0 Å². The molecule has 0 atom stereocenters. The van der Waals surface area contributed by atoms with Crippen LogP contribution in [0.25, 0.3) is 0 Å². The van der Waals surface area contributed by atoms with E-state index >= 15 is 0 Å². The molecular weight excluding hydrogens is 260 g/mol. The SMILES string of the molecule is Cc1cc(S(=O)(=O)NCc2ccccc2)ccc1N. The zero-order chi connectivity index (χ0) is 13.9. The second-order valence-corrected chi connectivity index (χ2v) is 6.10. The van der Waals surface area contributed by atoms with Gasteiger partial charge in [-0.2, -0.15) is 0 Å². The topological polar surface area (TPSA) is 72.2 Å². The maximum atomic E-state index is 12.1. The molecule has 0 aliphatic carbocycles. The van der Waals surface area contributed by atoms with E-state index in [0.717, 1.165) is 11.1 Å². The first-order valence-electron chi connectivity index (χ1n) is 5.89. The van der Waals surface area contributed by atoms with Gasteiger partial charge in [0.05, 0.1) is 4.90 Å². The van der Waals surface area contributed by atoms with E-state index < -0.39 is 10.0 Å². The molecule has 0 bridgehead atoms. The molecule has 0 fully saturated rings. The first kappa shape index (κ1) is 13.6. The molecule has 19 heavy (non-hydrogen) atoms. The van der Waals surface area contributed by atoms with Crippen LogP contribution in [0.4, 0.5) is 5.69 Å². The van der Waals surface area contributed by atoms with Gasteiger partial charge in [0.25, 0.3) is 0 Å². The van der Waals surface area contributed by atoms with Gasteiger partial charge in [0.2, 0.25) is 10.0 Å². The minimum Gasteiger partial charge on any atom is -0.399 e. The summed E-state index contributed by atoms with van der Waals surface area (Å²) in [6, 6.07) is 14.1. The third-order valence-corrected chi connectivity index (χ3v) is 4.26. The van der Waals surface area contributed by atoms with Crippen molar-refractivity contribution in [3.8, 4) is 0 Å². The molecule has 4 nitrogen and oxygen atoms in total. The number of hydrogen-bond acceptors (Lipinski definition) is 3. The van der Waals surface area contributed by atoms with Crippen molar-refractivity contribution >= 4 is 15.7 Å². The first-order valence-corrected chi connectivity index (χ1v) is 7.37. The Bertz CT molecular complexity index is 667. The molecule has 2 aromatic rings. The highest BCUT2D eigenvalue weighted by Gasteiger charge is 2.14. The highest BCUT2D eigenvalue weighted by Crippen LogP contribution is 2.16. The van der Waals surface area contributed by atoms with Gasteiger partial charge in [0.15, 0.2) is 0 Å². The van der Waals surface area contributed by atoms with E-state index in [0.29, 0.717) is 5.69 Å². The fraction of sp³-hybridized carbons (Fsp3) is 0.143. The van der Waals surface area contributed by atoms with Crippen molar-refractivity contribution < 1.29 is 8.42 Å². The summed E-state index contributed by atoms with van der Waals surface area (Å²) in [4.78, 5) is 0.232. The molecule has 2 aromatic carbocycles. The Balaban J connectivity index is 2.16. The molecule has 3 N–H and O–H groups in total. The Morgan fingerprint density at radius 2 is 1.79 bits per heavy atom. The van der Waals surface area contributed by atoms with Crippen LogP contribution in [0.5, 0.6) is 0 Å². The molecular formula is C14H16N2O2S. The lowest BCUT2D eigenvalue weighted by Gasteiger charge is -2.08. The predicted molar refractivity (Wildman–Crippen MR) is 76.1 cm³/mol. The van der Waals surface area contributed by atoms with Gasteiger partial charge >= 0.3 is 0 Å². The first-order chi connectivity index (χ1) is 8.99. The van der Waals surface area contributed by atoms with Gasteiger partial charge in [0.1, 0.15) is 0 Å². The second-order valence-electron chi connectivity index (χ2n) is 4.33. The van der Waals surface area contributed by atoms with E-state index in [4.69, 9.17) is 5.73 Å². The van der Waals surface area contributed by atoms with E-state index in [2.05, 4.69) is 4.72 Å². The highest BCUT2D eigenvalue weighted by atomic mass is 32.2. The van der Waals surface area contributed by atoms with Gasteiger partial charge in [-0.1, -0.05) is 30.3 Å². The summed E-state index contributed by atoms with van der Waals surface area (Å²) in [5.41, 5.74) is 7.93. The number of hydrogen-bond donors (Lipinski definition) is 2. The van der Waals surface area contributed by atoms with Crippen LogP contribution in [0, 0.1) is 6.92 Å². The van der Waals surface area contributed by atoms with E-state index in [1.165, 1.54) is 6.07 Å². The average Bonchev–Trinajstić information content (AvgIpc) is 2.41. The summed E-state index contributed by atoms with van der Waals surface area (Å²) in [6.07, 6.45) is 0. The molecule has 0 aliphatic heterocycles. The third kappa shape index (κ3) is 3.33. The Hall–Kier alpha value is -1.85. The summed E-state index contributed by atoms with van der Waals surface area (Å²) in [6.45, 7) is 2.05. The maximum Gasteiger partial charge on any atom is 0.240 e. The zero-order valence-corrected chi connectivity index (χ0v) is 11.4. The number of nitrogen functional groups attached to an aromatic ring is 1. The second kappa shape index (κ2) is 5.42. The Labute approximate surface area is 113 Å². The van der Waals surface area contributed by atoms with Crippen molar-refractivity contribution in [3.05, 3.63) is 59.7 Å². The lowest BCUT2D eigenvalue weighted by Crippen LogP contribution is -2.23. The van der Waals surface area contributed by atoms with Gasteiger partial charge < -0.3 is 5.73 Å². The predicted octanol–water partition coefficient (Wildman–Crippen LogP) is 2.06. The van der Waals surface area contributed by atoms with Gasteiger partial charge in [0, 0.05) is 12.2 Å². The van der Waals surface area contributed by atoms with E-state index in [1.54, 1.807) is 19.1 Å². The number of benzene rings is 2. The Kier molecular flexibility index (Phi) is 3.87. The number of anilines is 1. The minimum absolute atomic E-state index is 0.232. The molecule has 0 amide bonds. The molecule has 100 valence electrons. The largest absolute Gasteiger partial charge is 0.399 e. The monoisotopic (exact) mass is 276 g/mol. The van der Waals surface area contributed by atoms with Gasteiger partial charge in [-0.05, 0) is 36.2 Å². The standard InChI is InChI=1S/C14H16N2O2S/c1-11-9-13(7-8-14(11)15)19(17,18)16-10-12-5-3-2-4-6-12/h2-9,16H,10,15H2,1H3. The van der Waals surface area contributed by atoms with Crippen molar-refractivity contribution in [3.63, 3.8) is 0 Å². The Morgan fingerprint density at radius 1 is 1.11 bits per heavy atom. The van der Waals surface area contributed by atoms with Crippen LogP contribution >= 0.6 is 0 Å². The molecule has 0 saturated carbocycles. The molecule has 0 spiro atoms. The third-order valence-electron chi connectivity index (χ3n) is 2.86. The fourth-order valence-corrected chi connectivity index (χ4v) is 2.78. The van der Waals surface area contributed by atoms with Crippen molar-refractivity contribution in [1.82, 2.24) is 4.72 Å². The average molecular weight is 276 g/mol. The molecule has 0 aromatic heterocycles. The van der Waals surface area contributed by atoms with Crippen LogP contribution in [-0.2, 0) is 16.6 Å². The lowest BCUT2D eigenvalue weighted by molar-refractivity contribution is 0.581. The lowest BCUT2D eigenvalue weighted by atomic mass is 10.2. The van der Waals surface area contributed by atoms with Gasteiger partial charge in [-0.25, -0.2) is 13.1 Å². The summed E-state index contributed by atoms with van der Waals surface area (Å²) in [5.74, 6) is 0. The van der Waals surface area contributed by atoms with Crippen LogP contribution < -0.4 is 10.5 Å². The smallest absolute Gasteiger partial charge is 0.240 e. The summed E-state index contributed by atoms with van der Waals surface area (Å²) in [5, 5.41) is 0. The van der Waals surface area contributed by atoms with Crippen molar-refractivity contribution in [2.24, 2.45) is 0 Å².